The summed E-state index contributed by atoms with van der Waals surface area (Å²) in [5.41, 5.74) is 1.52. The number of nitrogens with one attached hydrogen (secondary N) is 1. The first kappa shape index (κ1) is 19.6. The lowest BCUT2D eigenvalue weighted by atomic mass is 10.2. The summed E-state index contributed by atoms with van der Waals surface area (Å²) >= 11 is 4.95. The minimum atomic E-state index is -0.138. The highest BCUT2D eigenvalue weighted by atomic mass is 79.9. The van der Waals surface area contributed by atoms with Gasteiger partial charge in [0.15, 0.2) is 11.0 Å². The third kappa shape index (κ3) is 4.04. The SMILES string of the molecule is C=CCn1c(SC(C)c2nc3ccccc3c(=O)[nH]2)nnc1-c1ccc(Br)cc1. The average Bonchev–Trinajstić information content (AvgIpc) is 3.11. The van der Waals surface area contributed by atoms with Gasteiger partial charge in [-0.2, -0.15) is 0 Å². The molecule has 4 aromatic rings. The monoisotopic (exact) mass is 467 g/mol. The van der Waals surface area contributed by atoms with Crippen LogP contribution in [0.1, 0.15) is 18.0 Å². The Labute approximate surface area is 180 Å². The first-order valence-electron chi connectivity index (χ1n) is 9.02. The molecule has 0 aliphatic carbocycles. The lowest BCUT2D eigenvalue weighted by Gasteiger charge is -2.12. The molecule has 0 aliphatic rings. The third-order valence-electron chi connectivity index (χ3n) is 4.43. The predicted molar refractivity (Wildman–Crippen MR) is 120 cm³/mol. The molecular weight excluding hydrogens is 450 g/mol. The number of nitrogens with zero attached hydrogens (tertiary/aromatic N) is 4. The molecule has 0 spiro atoms. The van der Waals surface area contributed by atoms with E-state index in [1.807, 2.05) is 60.0 Å². The fourth-order valence-corrected chi connectivity index (χ4v) is 4.17. The van der Waals surface area contributed by atoms with Gasteiger partial charge in [0.05, 0.1) is 16.2 Å². The zero-order valence-electron chi connectivity index (χ0n) is 15.7. The van der Waals surface area contributed by atoms with Crippen molar-refractivity contribution in [3.63, 3.8) is 0 Å². The molecule has 2 heterocycles. The van der Waals surface area contributed by atoms with Gasteiger partial charge in [0.25, 0.3) is 5.56 Å². The number of halogens is 1. The largest absolute Gasteiger partial charge is 0.309 e. The molecule has 0 radical (unpaired) electrons. The minimum Gasteiger partial charge on any atom is -0.309 e. The van der Waals surface area contributed by atoms with Crippen LogP contribution in [0.15, 0.2) is 75.6 Å². The van der Waals surface area contributed by atoms with Gasteiger partial charge in [-0.3, -0.25) is 9.36 Å². The van der Waals surface area contributed by atoms with Crippen molar-refractivity contribution in [2.45, 2.75) is 23.9 Å². The Morgan fingerprint density at radius 1 is 1.21 bits per heavy atom. The van der Waals surface area contributed by atoms with Crippen molar-refractivity contribution in [1.82, 2.24) is 24.7 Å². The van der Waals surface area contributed by atoms with E-state index in [-0.39, 0.29) is 10.8 Å². The second-order valence-electron chi connectivity index (χ2n) is 6.44. The Morgan fingerprint density at radius 2 is 1.97 bits per heavy atom. The van der Waals surface area contributed by atoms with Gasteiger partial charge in [0.2, 0.25) is 0 Å². The van der Waals surface area contributed by atoms with Gasteiger partial charge in [-0.25, -0.2) is 4.98 Å². The molecule has 8 heteroatoms. The van der Waals surface area contributed by atoms with Gasteiger partial charge in [0, 0.05) is 16.6 Å². The van der Waals surface area contributed by atoms with Crippen molar-refractivity contribution in [2.24, 2.45) is 0 Å². The molecule has 146 valence electrons. The lowest BCUT2D eigenvalue weighted by Crippen LogP contribution is -2.13. The van der Waals surface area contributed by atoms with Crippen LogP contribution in [0.4, 0.5) is 0 Å². The normalized spacial score (nSPS) is 12.2. The minimum absolute atomic E-state index is 0.113. The van der Waals surface area contributed by atoms with Crippen LogP contribution < -0.4 is 5.56 Å². The van der Waals surface area contributed by atoms with Crippen LogP contribution in [-0.2, 0) is 6.54 Å². The molecular formula is C21H18BrN5OS. The van der Waals surface area contributed by atoms with Crippen LogP contribution in [0.2, 0.25) is 0 Å². The molecule has 0 saturated heterocycles. The molecule has 2 aromatic carbocycles. The molecule has 0 fully saturated rings. The highest BCUT2D eigenvalue weighted by Crippen LogP contribution is 2.34. The molecule has 2 aromatic heterocycles. The molecule has 4 rings (SSSR count). The number of benzene rings is 2. The standard InChI is InChI=1S/C21H18BrN5OS/c1-3-12-27-19(14-8-10-15(22)11-9-14)25-26-21(27)29-13(2)18-23-17-7-5-4-6-16(17)20(28)24-18/h3-11,13H,1,12H2,2H3,(H,23,24,28). The van der Waals surface area contributed by atoms with E-state index in [1.54, 1.807) is 6.07 Å². The van der Waals surface area contributed by atoms with Crippen molar-refractivity contribution in [3.05, 3.63) is 81.8 Å². The third-order valence-corrected chi connectivity index (χ3v) is 6.05. The fourth-order valence-electron chi connectivity index (χ4n) is 2.99. The number of para-hydroxylation sites is 1. The van der Waals surface area contributed by atoms with Gasteiger partial charge in [-0.1, -0.05) is 58.0 Å². The zero-order valence-corrected chi connectivity index (χ0v) is 18.1. The first-order valence-corrected chi connectivity index (χ1v) is 10.7. The van der Waals surface area contributed by atoms with E-state index < -0.39 is 0 Å². The van der Waals surface area contributed by atoms with Crippen molar-refractivity contribution in [1.29, 1.82) is 0 Å². The van der Waals surface area contributed by atoms with E-state index in [0.717, 1.165) is 21.0 Å². The van der Waals surface area contributed by atoms with Gasteiger partial charge < -0.3 is 4.98 Å². The van der Waals surface area contributed by atoms with E-state index >= 15 is 0 Å². The molecule has 0 saturated carbocycles. The van der Waals surface area contributed by atoms with Crippen molar-refractivity contribution in [2.75, 3.05) is 0 Å². The number of fused-ring (bicyclic) bond motifs is 1. The van der Waals surface area contributed by atoms with Crippen LogP contribution in [0.5, 0.6) is 0 Å². The number of H-pyrrole nitrogens is 1. The highest BCUT2D eigenvalue weighted by Gasteiger charge is 2.19. The van der Waals surface area contributed by atoms with Crippen LogP contribution in [0.3, 0.4) is 0 Å². The first-order chi connectivity index (χ1) is 14.1. The average molecular weight is 468 g/mol. The number of allylic oxidation sites excluding steroid dienone is 1. The number of thioether (sulfide) groups is 1. The summed E-state index contributed by atoms with van der Waals surface area (Å²) < 4.78 is 3.02. The Balaban J connectivity index is 1.68. The van der Waals surface area contributed by atoms with Crippen LogP contribution >= 0.6 is 27.7 Å². The fraction of sp³-hybridized carbons (Fsp3) is 0.143. The van der Waals surface area contributed by atoms with Crippen molar-refractivity contribution >= 4 is 38.6 Å². The van der Waals surface area contributed by atoms with Crippen LogP contribution in [0.25, 0.3) is 22.3 Å². The molecule has 1 atom stereocenters. The van der Waals surface area contributed by atoms with Crippen molar-refractivity contribution < 1.29 is 0 Å². The van der Waals surface area contributed by atoms with Gasteiger partial charge in [0.1, 0.15) is 5.82 Å². The maximum absolute atomic E-state index is 12.4. The number of hydrogen-bond donors (Lipinski definition) is 1. The lowest BCUT2D eigenvalue weighted by molar-refractivity contribution is 0.727. The van der Waals surface area contributed by atoms with Gasteiger partial charge in [-0.15, -0.1) is 16.8 Å². The summed E-state index contributed by atoms with van der Waals surface area (Å²) in [6, 6.07) is 15.3. The van der Waals surface area contributed by atoms with Crippen LogP contribution in [0, 0.1) is 0 Å². The number of aromatic amines is 1. The summed E-state index contributed by atoms with van der Waals surface area (Å²) in [5, 5.41) is 9.98. The molecule has 29 heavy (non-hydrogen) atoms. The highest BCUT2D eigenvalue weighted by molar-refractivity contribution is 9.10. The van der Waals surface area contributed by atoms with E-state index in [9.17, 15) is 4.79 Å². The summed E-state index contributed by atoms with van der Waals surface area (Å²) in [5.74, 6) is 1.38. The van der Waals surface area contributed by atoms with Gasteiger partial charge >= 0.3 is 0 Å². The molecule has 0 aliphatic heterocycles. The molecule has 1 N–H and O–H groups in total. The molecule has 0 bridgehead atoms. The Bertz CT molecular complexity index is 1230. The maximum atomic E-state index is 12.4. The zero-order chi connectivity index (χ0) is 20.4. The summed E-state index contributed by atoms with van der Waals surface area (Å²) in [6.07, 6.45) is 1.82. The number of hydrogen-bond acceptors (Lipinski definition) is 5. The topological polar surface area (TPSA) is 76.5 Å². The summed E-state index contributed by atoms with van der Waals surface area (Å²) in [4.78, 5) is 19.9. The van der Waals surface area contributed by atoms with E-state index in [1.165, 1.54) is 11.8 Å². The van der Waals surface area contributed by atoms with Gasteiger partial charge in [-0.05, 0) is 31.2 Å². The Morgan fingerprint density at radius 3 is 2.72 bits per heavy atom. The summed E-state index contributed by atoms with van der Waals surface area (Å²) in [6.45, 7) is 6.42. The molecule has 1 unspecified atom stereocenters. The van der Waals surface area contributed by atoms with Crippen LogP contribution in [-0.4, -0.2) is 24.7 Å². The maximum Gasteiger partial charge on any atom is 0.258 e. The quantitative estimate of drug-likeness (QED) is 0.319. The van der Waals surface area contributed by atoms with E-state index in [2.05, 4.69) is 42.7 Å². The second-order valence-corrected chi connectivity index (χ2v) is 8.66. The smallest absolute Gasteiger partial charge is 0.258 e. The van der Waals surface area contributed by atoms with Crippen molar-refractivity contribution in [3.8, 4) is 11.4 Å². The molecule has 0 amide bonds. The second kappa shape index (κ2) is 8.34. The van der Waals surface area contributed by atoms with E-state index in [0.29, 0.717) is 23.3 Å². The summed E-state index contributed by atoms with van der Waals surface area (Å²) in [7, 11) is 0. The predicted octanol–water partition coefficient (Wildman–Crippen LogP) is 4.98. The Hall–Kier alpha value is -2.71. The Kier molecular flexibility index (Phi) is 5.64. The van der Waals surface area contributed by atoms with E-state index in [4.69, 9.17) is 0 Å². The molecule has 6 nitrogen and oxygen atoms in total. The number of rotatable bonds is 6. The number of aromatic nitrogens is 5.